The maximum atomic E-state index is 13.5. The molecule has 1 aliphatic heterocycles. The Labute approximate surface area is 178 Å². The Morgan fingerprint density at radius 1 is 1.13 bits per heavy atom. The van der Waals surface area contributed by atoms with E-state index < -0.39 is 0 Å². The Balaban J connectivity index is 1.48. The highest BCUT2D eigenvalue weighted by atomic mass is 35.5. The van der Waals surface area contributed by atoms with Crippen LogP contribution in [0.15, 0.2) is 54.6 Å². The number of benzene rings is 2. The van der Waals surface area contributed by atoms with Crippen LogP contribution >= 0.6 is 11.6 Å². The van der Waals surface area contributed by atoms with E-state index in [4.69, 9.17) is 11.6 Å². The molecule has 1 aromatic heterocycles. The van der Waals surface area contributed by atoms with E-state index in [9.17, 15) is 14.0 Å². The van der Waals surface area contributed by atoms with Gasteiger partial charge in [0.25, 0.3) is 11.8 Å². The topological polar surface area (TPSA) is 67.2 Å². The largest absolute Gasteiger partial charge is 0.347 e. The van der Waals surface area contributed by atoms with Crippen LogP contribution in [-0.4, -0.2) is 33.0 Å². The lowest BCUT2D eigenvalue weighted by molar-refractivity contribution is 0.0745. The number of nitrogens with one attached hydrogen (secondary N) is 1. The monoisotopic (exact) mass is 426 g/mol. The summed E-state index contributed by atoms with van der Waals surface area (Å²) in [6, 6.07) is 15.0. The second-order valence-corrected chi connectivity index (χ2v) is 7.53. The molecule has 0 atom stereocenters. The summed E-state index contributed by atoms with van der Waals surface area (Å²) in [5.74, 6) is -0.938. The van der Waals surface area contributed by atoms with Crippen LogP contribution in [0.2, 0.25) is 5.02 Å². The first-order valence-corrected chi connectivity index (χ1v) is 10.0. The molecule has 0 saturated heterocycles. The standard InChI is InChI=1S/C22H20ClFN4O2/c23-18-8-2-1-6-16(18)13-25-21(29)19-12-20-22(30)27(9-4-10-28(20)26-19)14-15-5-3-7-17(24)11-15/h1-3,5-8,11-12H,4,9-10,13-14H2,(H,25,29). The highest BCUT2D eigenvalue weighted by Gasteiger charge is 2.26. The van der Waals surface area contributed by atoms with Crippen molar-refractivity contribution < 1.29 is 14.0 Å². The number of carbonyl (C=O) groups excluding carboxylic acids is 2. The Morgan fingerprint density at radius 3 is 2.77 bits per heavy atom. The number of nitrogens with zero attached hydrogens (tertiary/aromatic N) is 3. The van der Waals surface area contributed by atoms with Crippen LogP contribution in [0, 0.1) is 5.82 Å². The van der Waals surface area contributed by atoms with Gasteiger partial charge in [-0.05, 0) is 35.7 Å². The van der Waals surface area contributed by atoms with Crippen molar-refractivity contribution in [3.05, 3.63) is 88.0 Å². The zero-order valence-electron chi connectivity index (χ0n) is 16.1. The number of hydrogen-bond donors (Lipinski definition) is 1. The highest BCUT2D eigenvalue weighted by Crippen LogP contribution is 2.18. The number of carbonyl (C=O) groups is 2. The molecule has 2 amide bonds. The van der Waals surface area contributed by atoms with Crippen molar-refractivity contribution in [1.82, 2.24) is 20.0 Å². The van der Waals surface area contributed by atoms with Crippen LogP contribution in [0.1, 0.15) is 38.5 Å². The summed E-state index contributed by atoms with van der Waals surface area (Å²) in [4.78, 5) is 27.2. The number of amides is 2. The first kappa shape index (κ1) is 20.1. The molecule has 30 heavy (non-hydrogen) atoms. The van der Waals surface area contributed by atoms with Crippen molar-refractivity contribution in [3.8, 4) is 0 Å². The lowest BCUT2D eigenvalue weighted by Gasteiger charge is -2.20. The molecule has 154 valence electrons. The molecule has 0 fully saturated rings. The molecule has 2 aromatic carbocycles. The fourth-order valence-electron chi connectivity index (χ4n) is 3.46. The molecule has 0 radical (unpaired) electrons. The van der Waals surface area contributed by atoms with Gasteiger partial charge >= 0.3 is 0 Å². The van der Waals surface area contributed by atoms with Crippen molar-refractivity contribution in [1.29, 1.82) is 0 Å². The van der Waals surface area contributed by atoms with E-state index >= 15 is 0 Å². The van der Waals surface area contributed by atoms with E-state index in [0.29, 0.717) is 42.3 Å². The lowest BCUT2D eigenvalue weighted by atomic mass is 10.2. The average molecular weight is 427 g/mol. The predicted octanol–water partition coefficient (Wildman–Crippen LogP) is 3.65. The van der Waals surface area contributed by atoms with Gasteiger partial charge in [0.05, 0.1) is 0 Å². The molecule has 1 N–H and O–H groups in total. The molecule has 0 unspecified atom stereocenters. The quantitative estimate of drug-likeness (QED) is 0.677. The van der Waals surface area contributed by atoms with Gasteiger partial charge in [0.15, 0.2) is 5.69 Å². The molecular formula is C22H20ClFN4O2. The van der Waals surface area contributed by atoms with E-state index in [2.05, 4.69) is 10.4 Å². The summed E-state index contributed by atoms with van der Waals surface area (Å²) in [5, 5.41) is 7.67. The van der Waals surface area contributed by atoms with Crippen molar-refractivity contribution in [3.63, 3.8) is 0 Å². The van der Waals surface area contributed by atoms with Crippen molar-refractivity contribution >= 4 is 23.4 Å². The maximum absolute atomic E-state index is 13.5. The van der Waals surface area contributed by atoms with Gasteiger partial charge in [-0.1, -0.05) is 41.9 Å². The molecule has 0 saturated carbocycles. The normalized spacial score (nSPS) is 13.7. The van der Waals surface area contributed by atoms with Crippen LogP contribution < -0.4 is 5.32 Å². The average Bonchev–Trinajstić information content (AvgIpc) is 3.10. The molecule has 8 heteroatoms. The Kier molecular flexibility index (Phi) is 5.81. The second-order valence-electron chi connectivity index (χ2n) is 7.12. The zero-order valence-corrected chi connectivity index (χ0v) is 16.9. The first-order chi connectivity index (χ1) is 14.5. The van der Waals surface area contributed by atoms with Gasteiger partial charge in [-0.25, -0.2) is 4.39 Å². The van der Waals surface area contributed by atoms with Crippen LogP contribution in [0.5, 0.6) is 0 Å². The van der Waals surface area contributed by atoms with Crippen LogP contribution in [-0.2, 0) is 19.6 Å². The van der Waals surface area contributed by atoms with Gasteiger partial charge < -0.3 is 10.2 Å². The van der Waals surface area contributed by atoms with Crippen molar-refractivity contribution in [2.24, 2.45) is 0 Å². The maximum Gasteiger partial charge on any atom is 0.272 e. The molecule has 4 rings (SSSR count). The molecule has 1 aliphatic rings. The second kappa shape index (κ2) is 8.67. The predicted molar refractivity (Wildman–Crippen MR) is 111 cm³/mol. The minimum absolute atomic E-state index is 0.179. The van der Waals surface area contributed by atoms with Crippen LogP contribution in [0.3, 0.4) is 0 Å². The van der Waals surface area contributed by atoms with Crippen LogP contribution in [0.25, 0.3) is 0 Å². The fraction of sp³-hybridized carbons (Fsp3) is 0.227. The van der Waals surface area contributed by atoms with E-state index in [1.165, 1.54) is 18.2 Å². The molecule has 0 bridgehead atoms. The van der Waals surface area contributed by atoms with E-state index in [1.807, 2.05) is 18.2 Å². The SMILES string of the molecule is O=C(NCc1ccccc1Cl)c1cc2n(n1)CCCN(Cc1cccc(F)c1)C2=O. The summed E-state index contributed by atoms with van der Waals surface area (Å²) < 4.78 is 15.0. The Bertz CT molecular complexity index is 1100. The van der Waals surface area contributed by atoms with Crippen molar-refractivity contribution in [2.75, 3.05) is 6.54 Å². The first-order valence-electron chi connectivity index (χ1n) is 9.64. The van der Waals surface area contributed by atoms with Crippen LogP contribution in [0.4, 0.5) is 4.39 Å². The molecular weight excluding hydrogens is 407 g/mol. The van der Waals surface area contributed by atoms with Gasteiger partial charge in [-0.15, -0.1) is 0 Å². The van der Waals surface area contributed by atoms with Gasteiger partial charge in [0, 0.05) is 37.3 Å². The minimum atomic E-state index is -0.375. The zero-order chi connectivity index (χ0) is 21.1. The number of aryl methyl sites for hydroxylation is 1. The molecule has 0 spiro atoms. The number of fused-ring (bicyclic) bond motifs is 1. The Hall–Kier alpha value is -3.19. The van der Waals surface area contributed by atoms with Gasteiger partial charge in [0.2, 0.25) is 0 Å². The van der Waals surface area contributed by atoms with Gasteiger partial charge in [-0.3, -0.25) is 14.3 Å². The van der Waals surface area contributed by atoms with Gasteiger partial charge in [0.1, 0.15) is 11.5 Å². The summed E-state index contributed by atoms with van der Waals surface area (Å²) in [6.45, 7) is 1.63. The minimum Gasteiger partial charge on any atom is -0.347 e. The molecule has 0 aliphatic carbocycles. The number of halogens is 2. The Morgan fingerprint density at radius 2 is 1.97 bits per heavy atom. The summed E-state index contributed by atoms with van der Waals surface area (Å²) in [5.41, 5.74) is 2.05. The smallest absolute Gasteiger partial charge is 0.272 e. The lowest BCUT2D eigenvalue weighted by Crippen LogP contribution is -2.30. The summed E-state index contributed by atoms with van der Waals surface area (Å²) in [7, 11) is 0. The van der Waals surface area contributed by atoms with E-state index in [1.54, 1.807) is 27.8 Å². The third kappa shape index (κ3) is 4.36. The van der Waals surface area contributed by atoms with Crippen molar-refractivity contribution in [2.45, 2.75) is 26.1 Å². The third-order valence-electron chi connectivity index (χ3n) is 4.98. The number of aromatic nitrogens is 2. The highest BCUT2D eigenvalue weighted by molar-refractivity contribution is 6.31. The summed E-state index contributed by atoms with van der Waals surface area (Å²) in [6.07, 6.45) is 0.691. The molecule has 6 nitrogen and oxygen atoms in total. The fourth-order valence-corrected chi connectivity index (χ4v) is 3.66. The third-order valence-corrected chi connectivity index (χ3v) is 5.35. The van der Waals surface area contributed by atoms with E-state index in [-0.39, 0.29) is 29.9 Å². The van der Waals surface area contributed by atoms with Gasteiger partial charge in [-0.2, -0.15) is 5.10 Å². The summed E-state index contributed by atoms with van der Waals surface area (Å²) >= 11 is 6.12. The number of rotatable bonds is 5. The number of hydrogen-bond acceptors (Lipinski definition) is 3. The molecule has 3 aromatic rings. The molecule has 2 heterocycles. The van der Waals surface area contributed by atoms with E-state index in [0.717, 1.165) is 5.56 Å².